The molecular formula is C16H18N6O4S. The molecule has 0 bridgehead atoms. The SMILES string of the molecule is Nc1ncnc2c1ncn2C[C@H]1OC[C@@H](NC(=O)c2cccs2)[C@H](O)[C@@H]1O. The average Bonchev–Trinajstić information content (AvgIpc) is 3.32. The lowest BCUT2D eigenvalue weighted by Crippen LogP contribution is -2.59. The maximum atomic E-state index is 12.2. The minimum absolute atomic E-state index is 0.0732. The molecule has 0 saturated carbocycles. The molecule has 3 aromatic heterocycles. The number of hydrogen-bond acceptors (Lipinski definition) is 9. The number of nitrogens with two attached hydrogens (primary N) is 1. The second-order valence-corrected chi connectivity index (χ2v) is 7.19. The summed E-state index contributed by atoms with van der Waals surface area (Å²) in [6.45, 7) is 0.292. The molecule has 0 radical (unpaired) electrons. The van der Waals surface area contributed by atoms with Gasteiger partial charge >= 0.3 is 0 Å². The van der Waals surface area contributed by atoms with Gasteiger partial charge in [0.15, 0.2) is 11.5 Å². The second kappa shape index (κ2) is 7.19. The average molecular weight is 390 g/mol. The molecule has 0 aromatic carbocycles. The van der Waals surface area contributed by atoms with Crippen LogP contribution in [0.5, 0.6) is 0 Å². The van der Waals surface area contributed by atoms with Crippen LogP contribution >= 0.6 is 11.3 Å². The molecule has 1 amide bonds. The number of nitrogens with zero attached hydrogens (tertiary/aromatic N) is 4. The first kappa shape index (κ1) is 17.8. The third-order valence-corrected chi connectivity index (χ3v) is 5.37. The molecule has 27 heavy (non-hydrogen) atoms. The van der Waals surface area contributed by atoms with E-state index in [1.165, 1.54) is 24.0 Å². The van der Waals surface area contributed by atoms with E-state index in [9.17, 15) is 15.0 Å². The van der Waals surface area contributed by atoms with Crippen molar-refractivity contribution < 1.29 is 19.7 Å². The minimum atomic E-state index is -1.19. The predicted octanol–water partition coefficient (Wildman–Crippen LogP) is -0.611. The van der Waals surface area contributed by atoms with Crippen LogP contribution in [0, 0.1) is 0 Å². The first-order chi connectivity index (χ1) is 13.0. The summed E-state index contributed by atoms with van der Waals surface area (Å²) in [5.41, 5.74) is 6.75. The van der Waals surface area contributed by atoms with Crippen molar-refractivity contribution in [3.8, 4) is 0 Å². The summed E-state index contributed by atoms with van der Waals surface area (Å²) in [6, 6.07) is 2.75. The molecular weight excluding hydrogens is 372 g/mol. The van der Waals surface area contributed by atoms with Crippen molar-refractivity contribution >= 4 is 34.2 Å². The van der Waals surface area contributed by atoms with Gasteiger partial charge in [-0.3, -0.25) is 4.79 Å². The van der Waals surface area contributed by atoms with E-state index in [0.717, 1.165) is 0 Å². The van der Waals surface area contributed by atoms with Crippen LogP contribution in [0.25, 0.3) is 11.2 Å². The van der Waals surface area contributed by atoms with Gasteiger partial charge in [0.2, 0.25) is 0 Å². The molecule has 11 heteroatoms. The Morgan fingerprint density at radius 1 is 1.37 bits per heavy atom. The van der Waals surface area contributed by atoms with Crippen molar-refractivity contribution in [2.45, 2.75) is 30.9 Å². The summed E-state index contributed by atoms with van der Waals surface area (Å²) in [7, 11) is 0. The number of nitrogens with one attached hydrogen (secondary N) is 1. The summed E-state index contributed by atoms with van der Waals surface area (Å²) < 4.78 is 7.38. The molecule has 142 valence electrons. The highest BCUT2D eigenvalue weighted by molar-refractivity contribution is 7.12. The van der Waals surface area contributed by atoms with Gasteiger partial charge < -0.3 is 30.6 Å². The van der Waals surface area contributed by atoms with Crippen molar-refractivity contribution in [2.75, 3.05) is 12.3 Å². The lowest BCUT2D eigenvalue weighted by molar-refractivity contribution is -0.152. The zero-order valence-electron chi connectivity index (χ0n) is 14.1. The van der Waals surface area contributed by atoms with E-state index in [-0.39, 0.29) is 24.9 Å². The number of carbonyl (C=O) groups is 1. The van der Waals surface area contributed by atoms with E-state index >= 15 is 0 Å². The molecule has 4 heterocycles. The number of carbonyl (C=O) groups excluding carboxylic acids is 1. The number of aromatic nitrogens is 4. The van der Waals surface area contributed by atoms with E-state index in [4.69, 9.17) is 10.5 Å². The maximum absolute atomic E-state index is 12.2. The van der Waals surface area contributed by atoms with Gasteiger partial charge in [0.25, 0.3) is 5.91 Å². The van der Waals surface area contributed by atoms with Crippen LogP contribution in [0.3, 0.4) is 0 Å². The van der Waals surface area contributed by atoms with Crippen LogP contribution in [-0.4, -0.2) is 66.6 Å². The summed E-state index contributed by atoms with van der Waals surface area (Å²) in [5.74, 6) is -0.0451. The van der Waals surface area contributed by atoms with Gasteiger partial charge in [-0.2, -0.15) is 0 Å². The van der Waals surface area contributed by atoms with Gasteiger partial charge in [-0.15, -0.1) is 11.3 Å². The Morgan fingerprint density at radius 2 is 2.22 bits per heavy atom. The zero-order valence-corrected chi connectivity index (χ0v) is 14.9. The maximum Gasteiger partial charge on any atom is 0.261 e. The lowest BCUT2D eigenvalue weighted by Gasteiger charge is -2.38. The van der Waals surface area contributed by atoms with E-state index < -0.39 is 24.4 Å². The smallest absolute Gasteiger partial charge is 0.261 e. The van der Waals surface area contributed by atoms with E-state index in [1.54, 1.807) is 22.1 Å². The highest BCUT2D eigenvalue weighted by Gasteiger charge is 2.39. The van der Waals surface area contributed by atoms with E-state index in [2.05, 4.69) is 20.3 Å². The monoisotopic (exact) mass is 390 g/mol. The molecule has 1 aliphatic rings. The summed E-state index contributed by atoms with van der Waals surface area (Å²) in [6.07, 6.45) is -0.184. The lowest BCUT2D eigenvalue weighted by atomic mass is 9.97. The number of aliphatic hydroxyl groups excluding tert-OH is 2. The third kappa shape index (κ3) is 3.37. The van der Waals surface area contributed by atoms with Crippen molar-refractivity contribution in [3.05, 3.63) is 35.0 Å². The highest BCUT2D eigenvalue weighted by Crippen LogP contribution is 2.21. The molecule has 3 aromatic rings. The van der Waals surface area contributed by atoms with Crippen molar-refractivity contribution in [3.63, 3.8) is 0 Å². The van der Waals surface area contributed by atoms with Gasteiger partial charge in [-0.25, -0.2) is 15.0 Å². The fraction of sp³-hybridized carbons (Fsp3) is 0.375. The largest absolute Gasteiger partial charge is 0.388 e. The molecule has 4 rings (SSSR count). The Bertz CT molecular complexity index is 946. The molecule has 0 unspecified atom stereocenters. The molecule has 1 saturated heterocycles. The number of aliphatic hydroxyl groups is 2. The van der Waals surface area contributed by atoms with Gasteiger partial charge in [0.05, 0.1) is 30.4 Å². The van der Waals surface area contributed by atoms with E-state index in [1.807, 2.05) is 0 Å². The van der Waals surface area contributed by atoms with Gasteiger partial charge in [0.1, 0.15) is 30.2 Å². The van der Waals surface area contributed by atoms with Gasteiger partial charge in [-0.1, -0.05) is 6.07 Å². The molecule has 10 nitrogen and oxygen atoms in total. The third-order valence-electron chi connectivity index (χ3n) is 4.50. The van der Waals surface area contributed by atoms with E-state index in [0.29, 0.717) is 16.0 Å². The number of thiophene rings is 1. The number of imidazole rings is 1. The quantitative estimate of drug-likeness (QED) is 0.461. The fourth-order valence-electron chi connectivity index (χ4n) is 3.04. The molecule has 1 fully saturated rings. The Kier molecular flexibility index (Phi) is 4.74. The van der Waals surface area contributed by atoms with Crippen LogP contribution in [0.4, 0.5) is 5.82 Å². The molecule has 1 aliphatic heterocycles. The van der Waals surface area contributed by atoms with Crippen LogP contribution < -0.4 is 11.1 Å². The topological polar surface area (TPSA) is 148 Å². The minimum Gasteiger partial charge on any atom is -0.388 e. The molecule has 4 atom stereocenters. The Balaban J connectivity index is 1.44. The number of nitrogen functional groups attached to an aromatic ring is 1. The number of amides is 1. The van der Waals surface area contributed by atoms with Crippen LogP contribution in [0.2, 0.25) is 0 Å². The first-order valence-electron chi connectivity index (χ1n) is 8.28. The van der Waals surface area contributed by atoms with Crippen LogP contribution in [0.15, 0.2) is 30.2 Å². The van der Waals surface area contributed by atoms with Crippen molar-refractivity contribution in [1.29, 1.82) is 0 Å². The Labute approximate surface area is 157 Å². The van der Waals surface area contributed by atoms with Crippen LogP contribution in [0.1, 0.15) is 9.67 Å². The molecule has 0 aliphatic carbocycles. The normalized spacial score (nSPS) is 25.6. The summed E-state index contributed by atoms with van der Waals surface area (Å²) in [4.78, 5) is 24.9. The van der Waals surface area contributed by atoms with Crippen LogP contribution in [-0.2, 0) is 11.3 Å². The standard InChI is InChI=1S/C16H18N6O4S/c17-14-11-15(19-6-18-14)22(7-20-11)4-9-13(24)12(23)8(5-26-9)21-16(25)10-2-1-3-27-10/h1-3,6-9,12-13,23-24H,4-5H2,(H,21,25)(H2,17,18,19)/t8-,9-,12+,13-/m1/s1. The molecule has 5 N–H and O–H groups in total. The number of rotatable bonds is 4. The number of anilines is 1. The van der Waals surface area contributed by atoms with Crippen molar-refractivity contribution in [1.82, 2.24) is 24.8 Å². The number of hydrogen-bond donors (Lipinski definition) is 4. The summed E-state index contributed by atoms with van der Waals surface area (Å²) in [5, 5.41) is 25.4. The fourth-order valence-corrected chi connectivity index (χ4v) is 3.67. The van der Waals surface area contributed by atoms with Gasteiger partial charge in [-0.05, 0) is 11.4 Å². The highest BCUT2D eigenvalue weighted by atomic mass is 32.1. The van der Waals surface area contributed by atoms with Gasteiger partial charge in [0, 0.05) is 0 Å². The summed E-state index contributed by atoms with van der Waals surface area (Å²) >= 11 is 1.30. The predicted molar refractivity (Wildman–Crippen MR) is 97.1 cm³/mol. The number of fused-ring (bicyclic) bond motifs is 1. The first-order valence-corrected chi connectivity index (χ1v) is 9.16. The second-order valence-electron chi connectivity index (χ2n) is 6.24. The number of ether oxygens (including phenoxy) is 1. The zero-order chi connectivity index (χ0) is 19.0. The Hall–Kier alpha value is -2.60. The molecule has 0 spiro atoms. The van der Waals surface area contributed by atoms with Crippen molar-refractivity contribution in [2.24, 2.45) is 0 Å². The Morgan fingerprint density at radius 3 is 3.00 bits per heavy atom.